The third-order valence-corrected chi connectivity index (χ3v) is 3.65. The van der Waals surface area contributed by atoms with Gasteiger partial charge in [0.1, 0.15) is 0 Å². The molecular weight excluding hydrogens is 242 g/mol. The second-order valence-electron chi connectivity index (χ2n) is 5.17. The number of fused-ring (bicyclic) bond motifs is 1. The van der Waals surface area contributed by atoms with Crippen LogP contribution in [-0.2, 0) is 0 Å². The van der Waals surface area contributed by atoms with Crippen molar-refractivity contribution in [3.63, 3.8) is 0 Å². The van der Waals surface area contributed by atoms with E-state index in [1.807, 2.05) is 0 Å². The number of hydrogen-bond donors (Lipinski definition) is 1. The highest BCUT2D eigenvalue weighted by Crippen LogP contribution is 2.27. The van der Waals surface area contributed by atoms with Crippen LogP contribution in [0.3, 0.4) is 0 Å². The van der Waals surface area contributed by atoms with Crippen molar-refractivity contribution in [1.82, 2.24) is 5.32 Å². The summed E-state index contributed by atoms with van der Waals surface area (Å²) in [6.07, 6.45) is 9.55. The Kier molecular flexibility index (Phi) is 5.65. The molecule has 0 saturated heterocycles. The number of benzene rings is 2. The van der Waals surface area contributed by atoms with Gasteiger partial charge in [-0.2, -0.15) is 0 Å². The predicted octanol–water partition coefficient (Wildman–Crippen LogP) is 4.68. The average Bonchev–Trinajstić information content (AvgIpc) is 2.50. The summed E-state index contributed by atoms with van der Waals surface area (Å²) in [5.41, 5.74) is 1.40. The normalized spacial score (nSPS) is 12.2. The van der Waals surface area contributed by atoms with Gasteiger partial charge >= 0.3 is 0 Å². The molecule has 0 bridgehead atoms. The smallest absolute Gasteiger partial charge is 0.0326 e. The summed E-state index contributed by atoms with van der Waals surface area (Å²) in [4.78, 5) is 0. The summed E-state index contributed by atoms with van der Waals surface area (Å²) in [7, 11) is 0. The SMILES string of the molecule is C#CCCCC(NCCC)c1cccc2ccccc12. The van der Waals surface area contributed by atoms with E-state index in [9.17, 15) is 0 Å². The molecule has 1 atom stereocenters. The predicted molar refractivity (Wildman–Crippen MR) is 87.7 cm³/mol. The molecule has 0 radical (unpaired) electrons. The van der Waals surface area contributed by atoms with Gasteiger partial charge in [-0.1, -0.05) is 49.4 Å². The fourth-order valence-corrected chi connectivity index (χ4v) is 2.65. The number of hydrogen-bond acceptors (Lipinski definition) is 1. The lowest BCUT2D eigenvalue weighted by atomic mass is 9.95. The third-order valence-electron chi connectivity index (χ3n) is 3.65. The van der Waals surface area contributed by atoms with Gasteiger partial charge in [0.25, 0.3) is 0 Å². The quantitative estimate of drug-likeness (QED) is 0.566. The van der Waals surface area contributed by atoms with Crippen LogP contribution in [0.1, 0.15) is 44.2 Å². The van der Waals surface area contributed by atoms with Crippen molar-refractivity contribution in [2.45, 2.75) is 38.6 Å². The first-order chi connectivity index (χ1) is 9.86. The molecule has 20 heavy (non-hydrogen) atoms. The highest BCUT2D eigenvalue weighted by atomic mass is 14.9. The lowest BCUT2D eigenvalue weighted by Crippen LogP contribution is -2.22. The van der Waals surface area contributed by atoms with E-state index in [1.165, 1.54) is 16.3 Å². The second-order valence-corrected chi connectivity index (χ2v) is 5.17. The van der Waals surface area contributed by atoms with Crippen molar-refractivity contribution in [2.75, 3.05) is 6.54 Å². The molecule has 0 aromatic heterocycles. The van der Waals surface area contributed by atoms with Crippen molar-refractivity contribution in [3.05, 3.63) is 48.0 Å². The van der Waals surface area contributed by atoms with Crippen LogP contribution in [0.4, 0.5) is 0 Å². The highest BCUT2D eigenvalue weighted by molar-refractivity contribution is 5.86. The van der Waals surface area contributed by atoms with E-state index in [1.54, 1.807) is 0 Å². The van der Waals surface area contributed by atoms with Gasteiger partial charge in [-0.3, -0.25) is 0 Å². The van der Waals surface area contributed by atoms with Gasteiger partial charge < -0.3 is 5.32 Å². The highest BCUT2D eigenvalue weighted by Gasteiger charge is 2.12. The Morgan fingerprint density at radius 1 is 1.15 bits per heavy atom. The maximum atomic E-state index is 5.37. The minimum atomic E-state index is 0.398. The van der Waals surface area contributed by atoms with Crippen molar-refractivity contribution in [2.24, 2.45) is 0 Å². The fourth-order valence-electron chi connectivity index (χ4n) is 2.65. The summed E-state index contributed by atoms with van der Waals surface area (Å²) >= 11 is 0. The molecule has 2 aromatic rings. The molecule has 1 nitrogen and oxygen atoms in total. The third kappa shape index (κ3) is 3.62. The number of terminal acetylenes is 1. The zero-order valence-electron chi connectivity index (χ0n) is 12.2. The van der Waals surface area contributed by atoms with Crippen molar-refractivity contribution in [1.29, 1.82) is 0 Å². The van der Waals surface area contributed by atoms with Crippen molar-refractivity contribution >= 4 is 10.8 Å². The summed E-state index contributed by atoms with van der Waals surface area (Å²) in [6, 6.07) is 15.6. The Morgan fingerprint density at radius 2 is 1.95 bits per heavy atom. The topological polar surface area (TPSA) is 12.0 Å². The Bertz CT molecular complexity index is 574. The van der Waals surface area contributed by atoms with E-state index < -0.39 is 0 Å². The molecule has 1 heteroatoms. The first-order valence-corrected chi connectivity index (χ1v) is 7.51. The molecule has 0 saturated carbocycles. The first kappa shape index (κ1) is 14.6. The van der Waals surface area contributed by atoms with Crippen LogP contribution in [-0.4, -0.2) is 6.54 Å². The van der Waals surface area contributed by atoms with E-state index in [4.69, 9.17) is 6.42 Å². The minimum absolute atomic E-state index is 0.398. The van der Waals surface area contributed by atoms with Crippen molar-refractivity contribution in [3.8, 4) is 12.3 Å². The molecule has 0 heterocycles. The van der Waals surface area contributed by atoms with Crippen LogP contribution < -0.4 is 5.32 Å². The number of unbranched alkanes of at least 4 members (excludes halogenated alkanes) is 1. The summed E-state index contributed by atoms with van der Waals surface area (Å²) in [6.45, 7) is 3.25. The summed E-state index contributed by atoms with van der Waals surface area (Å²) < 4.78 is 0. The molecule has 1 unspecified atom stereocenters. The lowest BCUT2D eigenvalue weighted by molar-refractivity contribution is 0.490. The van der Waals surface area contributed by atoms with Gasteiger partial charge in [-0.25, -0.2) is 0 Å². The molecule has 0 fully saturated rings. The Balaban J connectivity index is 2.27. The van der Waals surface area contributed by atoms with E-state index in [0.717, 1.165) is 32.2 Å². The molecule has 0 aliphatic heterocycles. The lowest BCUT2D eigenvalue weighted by Gasteiger charge is -2.20. The Hall–Kier alpha value is -1.78. The van der Waals surface area contributed by atoms with Gasteiger partial charge in [0.2, 0.25) is 0 Å². The van der Waals surface area contributed by atoms with Crippen LogP contribution >= 0.6 is 0 Å². The van der Waals surface area contributed by atoms with Gasteiger partial charge in [-0.15, -0.1) is 12.3 Å². The molecule has 1 N–H and O–H groups in total. The molecule has 0 aliphatic carbocycles. The monoisotopic (exact) mass is 265 g/mol. The average molecular weight is 265 g/mol. The van der Waals surface area contributed by atoms with Gasteiger partial charge in [0, 0.05) is 12.5 Å². The Labute approximate surface area is 122 Å². The van der Waals surface area contributed by atoms with Crippen molar-refractivity contribution < 1.29 is 0 Å². The summed E-state index contributed by atoms with van der Waals surface area (Å²) in [5.74, 6) is 2.74. The van der Waals surface area contributed by atoms with Gasteiger partial charge in [0.15, 0.2) is 0 Å². The Morgan fingerprint density at radius 3 is 2.75 bits per heavy atom. The van der Waals surface area contributed by atoms with Crippen LogP contribution in [0.5, 0.6) is 0 Å². The molecule has 2 rings (SSSR count). The molecule has 0 amide bonds. The largest absolute Gasteiger partial charge is 0.310 e. The molecule has 0 aliphatic rings. The first-order valence-electron chi connectivity index (χ1n) is 7.51. The minimum Gasteiger partial charge on any atom is -0.310 e. The van der Waals surface area contributed by atoms with E-state index in [2.05, 4.69) is 60.6 Å². The van der Waals surface area contributed by atoms with E-state index in [0.29, 0.717) is 6.04 Å². The molecule has 0 spiro atoms. The second kappa shape index (κ2) is 7.72. The van der Waals surface area contributed by atoms with Crippen LogP contribution in [0.2, 0.25) is 0 Å². The number of rotatable bonds is 7. The van der Waals surface area contributed by atoms with Crippen LogP contribution in [0, 0.1) is 12.3 Å². The maximum Gasteiger partial charge on any atom is 0.0326 e. The summed E-state index contributed by atoms with van der Waals surface area (Å²) in [5, 5.41) is 6.33. The fraction of sp³-hybridized carbons (Fsp3) is 0.368. The van der Waals surface area contributed by atoms with Crippen LogP contribution in [0.25, 0.3) is 10.8 Å². The van der Waals surface area contributed by atoms with E-state index >= 15 is 0 Å². The maximum absolute atomic E-state index is 5.37. The molecule has 2 aromatic carbocycles. The zero-order chi connectivity index (χ0) is 14.2. The van der Waals surface area contributed by atoms with Gasteiger partial charge in [0.05, 0.1) is 0 Å². The molecular formula is C19H23N. The van der Waals surface area contributed by atoms with Gasteiger partial charge in [-0.05, 0) is 42.1 Å². The zero-order valence-corrected chi connectivity index (χ0v) is 12.2. The molecule has 104 valence electrons. The van der Waals surface area contributed by atoms with E-state index in [-0.39, 0.29) is 0 Å². The number of nitrogens with one attached hydrogen (secondary N) is 1. The standard InChI is InChI=1S/C19H23N/c1-3-5-6-14-19(20-15-4-2)18-13-9-11-16-10-7-8-12-17(16)18/h1,7-13,19-20H,4-6,14-15H2,2H3. The van der Waals surface area contributed by atoms with Crippen LogP contribution in [0.15, 0.2) is 42.5 Å².